The molecule has 1 atom stereocenters. The largest absolute Gasteiger partial charge is 0.374 e. The number of urea groups is 1. The summed E-state index contributed by atoms with van der Waals surface area (Å²) in [6.07, 6.45) is 0.824. The van der Waals surface area contributed by atoms with Gasteiger partial charge in [0, 0.05) is 13.6 Å². The standard InChI is InChI=1S/C14H19N5OS/c1-10(12-17-18-13(15)21-12)16-14(20)19(2)9-8-11-6-4-3-5-7-11/h3-7,10H,8-9H2,1-2H3,(H2,15,18)(H,16,20)/t10-/m1/s1. The topological polar surface area (TPSA) is 84.1 Å². The lowest BCUT2D eigenvalue weighted by atomic mass is 10.1. The molecule has 2 rings (SSSR count). The summed E-state index contributed by atoms with van der Waals surface area (Å²) >= 11 is 1.28. The van der Waals surface area contributed by atoms with E-state index in [4.69, 9.17) is 5.73 Å². The van der Waals surface area contributed by atoms with Crippen LogP contribution in [0.5, 0.6) is 0 Å². The summed E-state index contributed by atoms with van der Waals surface area (Å²) in [6, 6.07) is 9.75. The fraction of sp³-hybridized carbons (Fsp3) is 0.357. The van der Waals surface area contributed by atoms with Crippen molar-refractivity contribution in [2.75, 3.05) is 19.3 Å². The Kier molecular flexibility index (Phi) is 5.10. The number of nitrogen functional groups attached to an aromatic ring is 1. The molecule has 112 valence electrons. The number of carbonyl (C=O) groups is 1. The summed E-state index contributed by atoms with van der Waals surface area (Å²) in [5.41, 5.74) is 6.75. The van der Waals surface area contributed by atoms with Gasteiger partial charge in [0.2, 0.25) is 5.13 Å². The zero-order chi connectivity index (χ0) is 15.2. The molecule has 0 aliphatic heterocycles. The normalized spacial score (nSPS) is 11.9. The van der Waals surface area contributed by atoms with E-state index in [0.717, 1.165) is 6.42 Å². The Morgan fingerprint density at radius 2 is 2.10 bits per heavy atom. The van der Waals surface area contributed by atoms with Gasteiger partial charge < -0.3 is 16.0 Å². The van der Waals surface area contributed by atoms with Gasteiger partial charge in [-0.15, -0.1) is 10.2 Å². The number of nitrogens with two attached hydrogens (primary N) is 1. The molecule has 0 radical (unpaired) electrons. The van der Waals surface area contributed by atoms with Gasteiger partial charge in [0.05, 0.1) is 6.04 Å². The Hall–Kier alpha value is -2.15. The number of carbonyl (C=O) groups excluding carboxylic acids is 1. The van der Waals surface area contributed by atoms with E-state index in [1.807, 2.05) is 25.1 Å². The van der Waals surface area contributed by atoms with Crippen molar-refractivity contribution in [2.45, 2.75) is 19.4 Å². The van der Waals surface area contributed by atoms with E-state index in [-0.39, 0.29) is 12.1 Å². The van der Waals surface area contributed by atoms with E-state index in [2.05, 4.69) is 27.6 Å². The average molecular weight is 305 g/mol. The number of nitrogens with zero attached hydrogens (tertiary/aromatic N) is 3. The second-order valence-corrected chi connectivity index (χ2v) is 5.85. The van der Waals surface area contributed by atoms with Crippen LogP contribution in [0.2, 0.25) is 0 Å². The van der Waals surface area contributed by atoms with Gasteiger partial charge in [-0.2, -0.15) is 0 Å². The molecule has 3 N–H and O–H groups in total. The Morgan fingerprint density at radius 3 is 2.71 bits per heavy atom. The molecule has 1 heterocycles. The summed E-state index contributed by atoms with van der Waals surface area (Å²) in [6.45, 7) is 2.52. The molecule has 0 aliphatic rings. The second kappa shape index (κ2) is 7.03. The van der Waals surface area contributed by atoms with Crippen molar-refractivity contribution >= 4 is 22.5 Å². The van der Waals surface area contributed by atoms with Crippen molar-refractivity contribution in [1.82, 2.24) is 20.4 Å². The van der Waals surface area contributed by atoms with Gasteiger partial charge >= 0.3 is 6.03 Å². The molecular formula is C14H19N5OS. The molecule has 0 fully saturated rings. The van der Waals surface area contributed by atoms with Crippen LogP contribution in [0.25, 0.3) is 0 Å². The maximum Gasteiger partial charge on any atom is 0.317 e. The number of amides is 2. The minimum atomic E-state index is -0.202. The van der Waals surface area contributed by atoms with Crippen molar-refractivity contribution in [2.24, 2.45) is 0 Å². The van der Waals surface area contributed by atoms with E-state index in [1.54, 1.807) is 11.9 Å². The number of aromatic nitrogens is 2. The SMILES string of the molecule is C[C@@H](NC(=O)N(C)CCc1ccccc1)c1nnc(N)s1. The third-order valence-electron chi connectivity index (χ3n) is 3.09. The number of hydrogen-bond acceptors (Lipinski definition) is 5. The molecule has 0 saturated carbocycles. The lowest BCUT2D eigenvalue weighted by Crippen LogP contribution is -2.39. The van der Waals surface area contributed by atoms with Crippen LogP contribution in [0.3, 0.4) is 0 Å². The van der Waals surface area contributed by atoms with Crippen LogP contribution in [0.4, 0.5) is 9.93 Å². The predicted octanol–water partition coefficient (Wildman–Crippen LogP) is 2.07. The maximum absolute atomic E-state index is 12.1. The summed E-state index contributed by atoms with van der Waals surface area (Å²) in [4.78, 5) is 13.8. The molecule has 7 heteroatoms. The highest BCUT2D eigenvalue weighted by Gasteiger charge is 2.16. The van der Waals surface area contributed by atoms with Gasteiger partial charge in [-0.05, 0) is 18.9 Å². The van der Waals surface area contributed by atoms with Crippen molar-refractivity contribution in [3.05, 3.63) is 40.9 Å². The maximum atomic E-state index is 12.1. The van der Waals surface area contributed by atoms with E-state index in [0.29, 0.717) is 16.7 Å². The molecule has 2 aromatic rings. The van der Waals surface area contributed by atoms with Gasteiger partial charge in [0.25, 0.3) is 0 Å². The van der Waals surface area contributed by atoms with Crippen LogP contribution >= 0.6 is 11.3 Å². The van der Waals surface area contributed by atoms with Crippen molar-refractivity contribution in [1.29, 1.82) is 0 Å². The smallest absolute Gasteiger partial charge is 0.317 e. The average Bonchev–Trinajstić information content (AvgIpc) is 2.92. The van der Waals surface area contributed by atoms with E-state index in [9.17, 15) is 4.79 Å². The molecular weight excluding hydrogens is 286 g/mol. The zero-order valence-electron chi connectivity index (χ0n) is 12.1. The first-order valence-corrected chi connectivity index (χ1v) is 7.52. The summed E-state index contributed by atoms with van der Waals surface area (Å²) < 4.78 is 0. The molecule has 0 saturated heterocycles. The molecule has 0 bridgehead atoms. The van der Waals surface area contributed by atoms with Crippen LogP contribution in [-0.2, 0) is 6.42 Å². The third kappa shape index (κ3) is 4.42. The van der Waals surface area contributed by atoms with Crippen LogP contribution in [-0.4, -0.2) is 34.7 Å². The minimum Gasteiger partial charge on any atom is -0.374 e. The van der Waals surface area contributed by atoms with Gasteiger partial charge in [0.1, 0.15) is 5.01 Å². The predicted molar refractivity (Wildman–Crippen MR) is 84.0 cm³/mol. The molecule has 21 heavy (non-hydrogen) atoms. The van der Waals surface area contributed by atoms with Crippen LogP contribution in [0.15, 0.2) is 30.3 Å². The molecule has 0 aliphatic carbocycles. The monoisotopic (exact) mass is 305 g/mol. The quantitative estimate of drug-likeness (QED) is 0.885. The highest BCUT2D eigenvalue weighted by atomic mass is 32.1. The van der Waals surface area contributed by atoms with Gasteiger partial charge in [-0.1, -0.05) is 41.7 Å². The van der Waals surface area contributed by atoms with E-state index >= 15 is 0 Å². The van der Waals surface area contributed by atoms with Crippen LogP contribution < -0.4 is 11.1 Å². The Bertz CT molecular complexity index is 586. The first kappa shape index (κ1) is 15.2. The molecule has 0 unspecified atom stereocenters. The molecule has 1 aromatic carbocycles. The molecule has 6 nitrogen and oxygen atoms in total. The number of rotatable bonds is 5. The zero-order valence-corrected chi connectivity index (χ0v) is 12.9. The lowest BCUT2D eigenvalue weighted by Gasteiger charge is -2.20. The van der Waals surface area contributed by atoms with Crippen LogP contribution in [0.1, 0.15) is 23.5 Å². The minimum absolute atomic E-state index is 0.132. The highest BCUT2D eigenvalue weighted by molar-refractivity contribution is 7.15. The molecule has 1 aromatic heterocycles. The van der Waals surface area contributed by atoms with Gasteiger partial charge in [0.15, 0.2) is 0 Å². The summed E-state index contributed by atoms with van der Waals surface area (Å²) in [5.74, 6) is 0. The van der Waals surface area contributed by atoms with Crippen molar-refractivity contribution in [3.63, 3.8) is 0 Å². The first-order valence-electron chi connectivity index (χ1n) is 6.70. The number of anilines is 1. The van der Waals surface area contributed by atoms with Crippen molar-refractivity contribution < 1.29 is 4.79 Å². The van der Waals surface area contributed by atoms with Crippen LogP contribution in [0, 0.1) is 0 Å². The van der Waals surface area contributed by atoms with E-state index < -0.39 is 0 Å². The molecule has 0 spiro atoms. The fourth-order valence-corrected chi connectivity index (χ4v) is 2.43. The Morgan fingerprint density at radius 1 is 1.38 bits per heavy atom. The highest BCUT2D eigenvalue weighted by Crippen LogP contribution is 2.18. The molecule has 2 amide bonds. The van der Waals surface area contributed by atoms with Gasteiger partial charge in [-0.25, -0.2) is 4.79 Å². The second-order valence-electron chi connectivity index (χ2n) is 4.81. The van der Waals surface area contributed by atoms with Gasteiger partial charge in [-0.3, -0.25) is 0 Å². The van der Waals surface area contributed by atoms with E-state index in [1.165, 1.54) is 16.9 Å². The summed E-state index contributed by atoms with van der Waals surface area (Å²) in [5, 5.41) is 11.7. The fourth-order valence-electron chi connectivity index (χ4n) is 1.82. The number of benzene rings is 1. The Labute approximate surface area is 128 Å². The third-order valence-corrected chi connectivity index (χ3v) is 4.03. The number of likely N-dealkylation sites (N-methyl/N-ethyl adjacent to an activating group) is 1. The van der Waals surface area contributed by atoms with Crippen molar-refractivity contribution in [3.8, 4) is 0 Å². The Balaban J connectivity index is 1.82. The number of nitrogens with one attached hydrogen (secondary N) is 1. The number of hydrogen-bond donors (Lipinski definition) is 2. The first-order chi connectivity index (χ1) is 10.1. The summed E-state index contributed by atoms with van der Waals surface area (Å²) in [7, 11) is 1.78. The lowest BCUT2D eigenvalue weighted by molar-refractivity contribution is 0.206.